The monoisotopic (exact) mass is 273 g/mol. The van der Waals surface area contributed by atoms with E-state index in [0.717, 1.165) is 17.8 Å². The first kappa shape index (κ1) is 13.1. The molecule has 5 heteroatoms. The van der Waals surface area contributed by atoms with Crippen LogP contribution in [0.4, 0.5) is 5.69 Å². The zero-order valence-corrected chi connectivity index (χ0v) is 12.0. The summed E-state index contributed by atoms with van der Waals surface area (Å²) >= 11 is 0. The Kier molecular flexibility index (Phi) is 3.01. The van der Waals surface area contributed by atoms with Gasteiger partial charge in [-0.3, -0.25) is 14.5 Å². The molecule has 1 saturated heterocycles. The number of piperazine rings is 1. The van der Waals surface area contributed by atoms with Gasteiger partial charge in [-0.15, -0.1) is 0 Å². The van der Waals surface area contributed by atoms with Gasteiger partial charge in [-0.1, -0.05) is 12.1 Å². The molecule has 0 spiro atoms. The molecule has 2 heterocycles. The van der Waals surface area contributed by atoms with Crippen LogP contribution in [0.15, 0.2) is 24.3 Å². The van der Waals surface area contributed by atoms with E-state index in [0.29, 0.717) is 6.54 Å². The summed E-state index contributed by atoms with van der Waals surface area (Å²) in [7, 11) is 5.61. The first-order valence-corrected chi connectivity index (χ1v) is 6.83. The Labute approximate surface area is 118 Å². The summed E-state index contributed by atoms with van der Waals surface area (Å²) < 4.78 is 0. The third kappa shape index (κ3) is 1.73. The molecule has 20 heavy (non-hydrogen) atoms. The van der Waals surface area contributed by atoms with Crippen molar-refractivity contribution in [3.8, 4) is 0 Å². The number of amides is 1. The van der Waals surface area contributed by atoms with Gasteiger partial charge in [0.25, 0.3) is 0 Å². The number of likely N-dealkylation sites (N-methyl/N-ethyl adjacent to an activating group) is 3. The summed E-state index contributed by atoms with van der Waals surface area (Å²) in [6, 6.07) is 6.73. The van der Waals surface area contributed by atoms with Gasteiger partial charge in [-0.05, 0) is 19.2 Å². The summed E-state index contributed by atoms with van der Waals surface area (Å²) in [5, 5.41) is 0. The van der Waals surface area contributed by atoms with E-state index >= 15 is 0 Å². The van der Waals surface area contributed by atoms with Crippen LogP contribution in [0, 0.1) is 0 Å². The molecule has 0 aliphatic carbocycles. The van der Waals surface area contributed by atoms with Crippen molar-refractivity contribution in [2.75, 3.05) is 39.1 Å². The minimum absolute atomic E-state index is 0.0248. The van der Waals surface area contributed by atoms with E-state index in [9.17, 15) is 9.59 Å². The first-order valence-electron chi connectivity index (χ1n) is 6.83. The van der Waals surface area contributed by atoms with Crippen LogP contribution in [0.5, 0.6) is 0 Å². The van der Waals surface area contributed by atoms with E-state index < -0.39 is 12.1 Å². The zero-order valence-electron chi connectivity index (χ0n) is 12.0. The number of benzene rings is 1. The van der Waals surface area contributed by atoms with Crippen LogP contribution in [0.25, 0.3) is 0 Å². The van der Waals surface area contributed by atoms with Crippen molar-refractivity contribution in [2.24, 2.45) is 0 Å². The molecule has 0 bridgehead atoms. The highest BCUT2D eigenvalue weighted by Gasteiger charge is 2.47. The van der Waals surface area contributed by atoms with Crippen LogP contribution in [0.2, 0.25) is 0 Å². The van der Waals surface area contributed by atoms with Crippen molar-refractivity contribution in [3.05, 3.63) is 29.8 Å². The second kappa shape index (κ2) is 4.59. The topological polar surface area (TPSA) is 43.9 Å². The average Bonchev–Trinajstić information content (AvgIpc) is 2.69. The van der Waals surface area contributed by atoms with Crippen molar-refractivity contribution in [1.82, 2.24) is 9.80 Å². The second-order valence-electron chi connectivity index (χ2n) is 5.62. The van der Waals surface area contributed by atoms with Gasteiger partial charge in [-0.2, -0.15) is 0 Å². The lowest BCUT2D eigenvalue weighted by Gasteiger charge is -2.41. The Morgan fingerprint density at radius 3 is 2.40 bits per heavy atom. The third-order valence-electron chi connectivity index (χ3n) is 4.43. The molecule has 0 aromatic heterocycles. The number of carbonyl (C=O) groups is 2. The minimum atomic E-state index is -0.423. The number of anilines is 1. The van der Waals surface area contributed by atoms with Crippen molar-refractivity contribution in [3.63, 3.8) is 0 Å². The summed E-state index contributed by atoms with van der Waals surface area (Å²) in [4.78, 5) is 30.8. The first-order chi connectivity index (χ1) is 9.52. The Morgan fingerprint density at radius 1 is 1.00 bits per heavy atom. The predicted octanol–water partition coefficient (Wildman–Crippen LogP) is 0.460. The van der Waals surface area contributed by atoms with E-state index in [1.165, 1.54) is 0 Å². The molecule has 3 rings (SSSR count). The van der Waals surface area contributed by atoms with Crippen LogP contribution in [0.1, 0.15) is 10.4 Å². The molecule has 1 amide bonds. The maximum Gasteiger partial charge on any atom is 0.242 e. The van der Waals surface area contributed by atoms with Crippen LogP contribution in [0.3, 0.4) is 0 Å². The maximum absolute atomic E-state index is 12.7. The minimum Gasteiger partial charge on any atom is -0.362 e. The average molecular weight is 273 g/mol. The van der Waals surface area contributed by atoms with Gasteiger partial charge in [0.2, 0.25) is 5.91 Å². The van der Waals surface area contributed by atoms with Crippen molar-refractivity contribution < 1.29 is 9.59 Å². The van der Waals surface area contributed by atoms with Gasteiger partial charge >= 0.3 is 0 Å². The molecule has 2 atom stereocenters. The third-order valence-corrected chi connectivity index (χ3v) is 4.43. The van der Waals surface area contributed by atoms with Gasteiger partial charge in [-0.25, -0.2) is 0 Å². The number of para-hydroxylation sites is 1. The van der Waals surface area contributed by atoms with Gasteiger partial charge in [0.15, 0.2) is 5.78 Å². The number of hydrogen-bond acceptors (Lipinski definition) is 4. The second-order valence-corrected chi connectivity index (χ2v) is 5.62. The molecule has 1 aromatic rings. The van der Waals surface area contributed by atoms with Gasteiger partial charge in [0.1, 0.15) is 12.1 Å². The predicted molar refractivity (Wildman–Crippen MR) is 77.0 cm³/mol. The van der Waals surface area contributed by atoms with Crippen molar-refractivity contribution in [1.29, 1.82) is 0 Å². The number of fused-ring (bicyclic) bond motifs is 1. The molecule has 2 aliphatic rings. The molecule has 0 radical (unpaired) electrons. The summed E-state index contributed by atoms with van der Waals surface area (Å²) in [6.45, 7) is 1.50. The molecule has 2 unspecified atom stereocenters. The van der Waals surface area contributed by atoms with Gasteiger partial charge in [0, 0.05) is 38.4 Å². The van der Waals surface area contributed by atoms with E-state index in [4.69, 9.17) is 0 Å². The summed E-state index contributed by atoms with van der Waals surface area (Å²) in [5.41, 5.74) is 1.63. The highest BCUT2D eigenvalue weighted by Crippen LogP contribution is 2.33. The maximum atomic E-state index is 12.7. The number of rotatable bonds is 1. The normalized spacial score (nSPS) is 27.1. The lowest BCUT2D eigenvalue weighted by atomic mass is 9.98. The standard InChI is InChI=1S/C15H19N3O2/c1-16-8-9-17(2)15(20)13(16)12-14(19)10-6-4-5-7-11(10)18(12)3/h4-7,12-13H,8-9H2,1-3H3. The SMILES string of the molecule is CN1CCN(C)C(C2C(=O)c3ccccc3N2C)C1=O. The summed E-state index contributed by atoms with van der Waals surface area (Å²) in [5.74, 6) is 0.0698. The Hall–Kier alpha value is -1.88. The molecule has 106 valence electrons. The molecular weight excluding hydrogens is 254 g/mol. The van der Waals surface area contributed by atoms with Crippen LogP contribution in [-0.2, 0) is 4.79 Å². The zero-order chi connectivity index (χ0) is 14.4. The van der Waals surface area contributed by atoms with E-state index in [2.05, 4.69) is 0 Å². The fourth-order valence-electron chi connectivity index (χ4n) is 3.18. The molecule has 2 aliphatic heterocycles. The number of Topliss-reactive ketones (excluding diaryl/α,β-unsaturated/α-hetero) is 1. The number of carbonyl (C=O) groups excluding carboxylic acids is 2. The van der Waals surface area contributed by atoms with E-state index in [1.54, 1.807) is 11.9 Å². The van der Waals surface area contributed by atoms with Crippen molar-refractivity contribution >= 4 is 17.4 Å². The van der Waals surface area contributed by atoms with Crippen LogP contribution < -0.4 is 4.90 Å². The number of hydrogen-bond donors (Lipinski definition) is 0. The van der Waals surface area contributed by atoms with Crippen molar-refractivity contribution in [2.45, 2.75) is 12.1 Å². The Bertz CT molecular complexity index is 572. The number of ketones is 1. The number of nitrogens with zero attached hydrogens (tertiary/aromatic N) is 3. The fourth-order valence-corrected chi connectivity index (χ4v) is 3.18. The summed E-state index contributed by atoms with van der Waals surface area (Å²) in [6.07, 6.45) is 0. The van der Waals surface area contributed by atoms with Crippen LogP contribution >= 0.6 is 0 Å². The largest absolute Gasteiger partial charge is 0.362 e. The highest BCUT2D eigenvalue weighted by molar-refractivity contribution is 6.13. The quantitative estimate of drug-likeness (QED) is 0.745. The highest BCUT2D eigenvalue weighted by atomic mass is 16.2. The fraction of sp³-hybridized carbons (Fsp3) is 0.467. The molecule has 1 fully saturated rings. The molecular formula is C15H19N3O2. The Balaban J connectivity index is 1.99. The van der Waals surface area contributed by atoms with E-state index in [-0.39, 0.29) is 11.7 Å². The van der Waals surface area contributed by atoms with Gasteiger partial charge in [0.05, 0.1) is 0 Å². The van der Waals surface area contributed by atoms with Gasteiger partial charge < -0.3 is 9.80 Å². The molecule has 0 N–H and O–H groups in total. The lowest BCUT2D eigenvalue weighted by Crippen LogP contribution is -2.63. The lowest BCUT2D eigenvalue weighted by molar-refractivity contribution is -0.139. The molecule has 1 aromatic carbocycles. The Morgan fingerprint density at radius 2 is 1.70 bits per heavy atom. The molecule has 0 saturated carbocycles. The van der Waals surface area contributed by atoms with Crippen LogP contribution in [-0.4, -0.2) is 67.8 Å². The molecule has 5 nitrogen and oxygen atoms in total. The van der Waals surface area contributed by atoms with E-state index in [1.807, 2.05) is 48.2 Å². The smallest absolute Gasteiger partial charge is 0.242 e.